The third-order valence-corrected chi connectivity index (χ3v) is 6.13. The Bertz CT molecular complexity index is 1140. The summed E-state index contributed by atoms with van der Waals surface area (Å²) >= 11 is 1.52. The number of nitrogens with zero attached hydrogens (tertiary/aromatic N) is 3. The lowest BCUT2D eigenvalue weighted by Crippen LogP contribution is -2.32. The first-order chi connectivity index (χ1) is 13.8. The second-order valence-corrected chi connectivity index (χ2v) is 7.89. The molecule has 1 aliphatic carbocycles. The van der Waals surface area contributed by atoms with E-state index in [0.29, 0.717) is 16.4 Å². The van der Waals surface area contributed by atoms with Crippen LogP contribution in [0.2, 0.25) is 0 Å². The molecular weight excluding hydrogens is 368 g/mol. The summed E-state index contributed by atoms with van der Waals surface area (Å²) in [7, 11) is 0. The molecule has 1 N–H and O–H groups in total. The van der Waals surface area contributed by atoms with Gasteiger partial charge in [0.25, 0.3) is 5.91 Å². The maximum atomic E-state index is 13.1. The molecule has 0 saturated heterocycles. The van der Waals surface area contributed by atoms with Gasteiger partial charge in [0, 0.05) is 12.4 Å². The first-order valence-corrected chi connectivity index (χ1v) is 10.2. The third-order valence-electron chi connectivity index (χ3n) is 5.08. The van der Waals surface area contributed by atoms with Gasteiger partial charge in [-0.05, 0) is 42.5 Å². The summed E-state index contributed by atoms with van der Waals surface area (Å²) in [6, 6.07) is 16.2. The number of nitrogens with one attached hydrogen (secondary N) is 1. The van der Waals surface area contributed by atoms with Crippen molar-refractivity contribution in [3.63, 3.8) is 0 Å². The number of fused-ring (bicyclic) bond motifs is 2. The van der Waals surface area contributed by atoms with Gasteiger partial charge < -0.3 is 5.32 Å². The summed E-state index contributed by atoms with van der Waals surface area (Å²) in [6.45, 7) is 0. The molecule has 138 valence electrons. The number of amides is 1. The van der Waals surface area contributed by atoms with E-state index in [0.717, 1.165) is 29.5 Å². The molecule has 1 aliphatic rings. The Hall–Kier alpha value is -3.12. The van der Waals surface area contributed by atoms with Crippen LogP contribution in [0.5, 0.6) is 0 Å². The molecule has 6 heteroatoms. The molecule has 0 saturated carbocycles. The summed E-state index contributed by atoms with van der Waals surface area (Å²) in [5.74, 6) is -0.205. The Balaban J connectivity index is 1.48. The highest BCUT2D eigenvalue weighted by Gasteiger charge is 2.25. The fourth-order valence-electron chi connectivity index (χ4n) is 3.76. The number of aryl methyl sites for hydroxylation is 1. The Morgan fingerprint density at radius 2 is 1.86 bits per heavy atom. The molecule has 2 heterocycles. The highest BCUT2D eigenvalue weighted by Crippen LogP contribution is 2.32. The summed E-state index contributed by atoms with van der Waals surface area (Å²) in [5, 5.41) is 3.88. The van der Waals surface area contributed by atoms with Crippen LogP contribution >= 0.6 is 11.3 Å². The second-order valence-electron chi connectivity index (χ2n) is 6.86. The number of benzene rings is 2. The third kappa shape index (κ3) is 3.05. The van der Waals surface area contributed by atoms with Crippen LogP contribution in [0.3, 0.4) is 0 Å². The van der Waals surface area contributed by atoms with E-state index in [9.17, 15) is 4.79 Å². The number of aromatic nitrogens is 3. The molecule has 5 rings (SSSR count). The van der Waals surface area contributed by atoms with Crippen LogP contribution in [0.1, 0.15) is 40.5 Å². The predicted molar refractivity (Wildman–Crippen MR) is 110 cm³/mol. The predicted octanol–water partition coefficient (Wildman–Crippen LogP) is 4.56. The fourth-order valence-corrected chi connectivity index (χ4v) is 4.73. The van der Waals surface area contributed by atoms with Crippen LogP contribution in [-0.4, -0.2) is 20.9 Å². The number of rotatable bonds is 3. The fraction of sp³-hybridized carbons (Fsp3) is 0.182. The molecule has 0 fully saturated rings. The molecule has 5 nitrogen and oxygen atoms in total. The number of para-hydroxylation sites is 1. The molecule has 0 aliphatic heterocycles. The van der Waals surface area contributed by atoms with Gasteiger partial charge in [0.1, 0.15) is 10.7 Å². The van der Waals surface area contributed by atoms with E-state index in [1.807, 2.05) is 30.3 Å². The average Bonchev–Trinajstić information content (AvgIpc) is 3.18. The molecule has 2 aromatic carbocycles. The zero-order valence-corrected chi connectivity index (χ0v) is 15.9. The van der Waals surface area contributed by atoms with Crippen molar-refractivity contribution in [1.29, 1.82) is 0 Å². The van der Waals surface area contributed by atoms with Gasteiger partial charge in [0.15, 0.2) is 5.69 Å². The van der Waals surface area contributed by atoms with Gasteiger partial charge in [-0.1, -0.05) is 36.4 Å². The van der Waals surface area contributed by atoms with Crippen molar-refractivity contribution < 1.29 is 4.79 Å². The van der Waals surface area contributed by atoms with Crippen molar-refractivity contribution in [2.24, 2.45) is 0 Å². The summed E-state index contributed by atoms with van der Waals surface area (Å²) in [4.78, 5) is 26.5. The minimum atomic E-state index is -0.205. The number of carbonyl (C=O) groups is 1. The van der Waals surface area contributed by atoms with Crippen LogP contribution in [-0.2, 0) is 6.42 Å². The number of carbonyl (C=O) groups excluding carboxylic acids is 1. The Kier molecular flexibility index (Phi) is 4.33. The van der Waals surface area contributed by atoms with Crippen LogP contribution in [0.15, 0.2) is 60.9 Å². The summed E-state index contributed by atoms with van der Waals surface area (Å²) < 4.78 is 1.07. The van der Waals surface area contributed by atoms with Gasteiger partial charge in [0.05, 0.1) is 16.3 Å². The van der Waals surface area contributed by atoms with Crippen molar-refractivity contribution in [2.75, 3.05) is 0 Å². The van der Waals surface area contributed by atoms with Crippen molar-refractivity contribution in [2.45, 2.75) is 25.3 Å². The van der Waals surface area contributed by atoms with Crippen molar-refractivity contribution in [3.05, 3.63) is 77.7 Å². The summed E-state index contributed by atoms with van der Waals surface area (Å²) in [6.07, 6.45) is 6.21. The second kappa shape index (κ2) is 7.13. The normalized spacial score (nSPS) is 15.9. The van der Waals surface area contributed by atoms with Gasteiger partial charge in [-0.2, -0.15) is 0 Å². The van der Waals surface area contributed by atoms with Gasteiger partial charge in [0.2, 0.25) is 0 Å². The quantitative estimate of drug-likeness (QED) is 0.560. The molecule has 4 aromatic rings. The van der Waals surface area contributed by atoms with E-state index in [4.69, 9.17) is 0 Å². The molecule has 2 aromatic heterocycles. The van der Waals surface area contributed by atoms with Crippen molar-refractivity contribution >= 4 is 27.5 Å². The maximum Gasteiger partial charge on any atom is 0.272 e. The molecule has 0 spiro atoms. The van der Waals surface area contributed by atoms with Gasteiger partial charge in [-0.3, -0.25) is 4.79 Å². The highest BCUT2D eigenvalue weighted by atomic mass is 32.1. The lowest BCUT2D eigenvalue weighted by molar-refractivity contribution is 0.0928. The lowest BCUT2D eigenvalue weighted by atomic mass is 9.87. The number of hydrogen-bond donors (Lipinski definition) is 1. The van der Waals surface area contributed by atoms with E-state index >= 15 is 0 Å². The van der Waals surface area contributed by atoms with Gasteiger partial charge in [-0.25, -0.2) is 15.0 Å². The first kappa shape index (κ1) is 17.0. The molecule has 0 bridgehead atoms. The van der Waals surface area contributed by atoms with Gasteiger partial charge in [-0.15, -0.1) is 11.3 Å². The van der Waals surface area contributed by atoms with E-state index in [2.05, 4.69) is 38.5 Å². The van der Waals surface area contributed by atoms with E-state index in [1.54, 1.807) is 12.4 Å². The highest BCUT2D eigenvalue weighted by molar-refractivity contribution is 7.21. The zero-order chi connectivity index (χ0) is 18.9. The smallest absolute Gasteiger partial charge is 0.272 e. The lowest BCUT2D eigenvalue weighted by Gasteiger charge is -2.26. The van der Waals surface area contributed by atoms with E-state index in [1.165, 1.54) is 22.5 Å². The molecular formula is C22H18N4OS. The Labute approximate surface area is 166 Å². The Morgan fingerprint density at radius 3 is 2.79 bits per heavy atom. The Morgan fingerprint density at radius 1 is 1.04 bits per heavy atom. The molecule has 28 heavy (non-hydrogen) atoms. The minimum absolute atomic E-state index is 0.00248. The number of thiazole rings is 1. The van der Waals surface area contributed by atoms with Crippen LogP contribution in [0.4, 0.5) is 0 Å². The minimum Gasteiger partial charge on any atom is -0.344 e. The van der Waals surface area contributed by atoms with E-state index < -0.39 is 0 Å². The molecule has 0 radical (unpaired) electrons. The zero-order valence-electron chi connectivity index (χ0n) is 15.1. The van der Waals surface area contributed by atoms with Crippen LogP contribution < -0.4 is 5.32 Å². The topological polar surface area (TPSA) is 67.8 Å². The largest absolute Gasteiger partial charge is 0.344 e. The van der Waals surface area contributed by atoms with Crippen molar-refractivity contribution in [1.82, 2.24) is 20.3 Å². The molecule has 1 amide bonds. The summed E-state index contributed by atoms with van der Waals surface area (Å²) in [5.41, 5.74) is 4.27. The van der Waals surface area contributed by atoms with E-state index in [-0.39, 0.29) is 11.9 Å². The maximum absolute atomic E-state index is 13.1. The van der Waals surface area contributed by atoms with Gasteiger partial charge >= 0.3 is 0 Å². The monoisotopic (exact) mass is 386 g/mol. The molecule has 1 atom stereocenters. The average molecular weight is 386 g/mol. The standard InChI is InChI=1S/C22H18N4OS/c27-21(25-16-10-5-7-14-6-1-2-8-15(14)16)19-20(24-13-12-23-19)22-26-17-9-3-4-11-18(17)28-22/h1-4,6,8-9,11-13,16H,5,7,10H2,(H,25,27). The SMILES string of the molecule is O=C(NC1CCCc2ccccc21)c1nccnc1-c1nc2ccccc2s1. The van der Waals surface area contributed by atoms with Crippen molar-refractivity contribution in [3.8, 4) is 10.7 Å². The van der Waals surface area contributed by atoms with Crippen LogP contribution in [0, 0.1) is 0 Å². The molecule has 1 unspecified atom stereocenters. The number of hydrogen-bond acceptors (Lipinski definition) is 5. The first-order valence-electron chi connectivity index (χ1n) is 9.35. The van der Waals surface area contributed by atoms with Crippen LogP contribution in [0.25, 0.3) is 20.9 Å².